The van der Waals surface area contributed by atoms with E-state index in [1.165, 1.54) is 16.9 Å². The maximum Gasteiger partial charge on any atom is 0.0996 e. The fourth-order valence-electron chi connectivity index (χ4n) is 1.70. The van der Waals surface area contributed by atoms with Gasteiger partial charge in [0.1, 0.15) is 0 Å². The van der Waals surface area contributed by atoms with E-state index in [-0.39, 0.29) is 6.04 Å². The van der Waals surface area contributed by atoms with E-state index in [0.29, 0.717) is 4.34 Å². The van der Waals surface area contributed by atoms with Crippen LogP contribution >= 0.6 is 50.5 Å². The number of rotatable bonds is 3. The van der Waals surface area contributed by atoms with Crippen LogP contribution in [-0.2, 0) is 0 Å². The quantitative estimate of drug-likeness (QED) is 0.673. The third kappa shape index (κ3) is 3.21. The summed E-state index contributed by atoms with van der Waals surface area (Å²) < 4.78 is 2.50. The van der Waals surface area contributed by atoms with Crippen molar-refractivity contribution >= 4 is 56.2 Å². The summed E-state index contributed by atoms with van der Waals surface area (Å²) in [6, 6.07) is 8.23. The lowest BCUT2D eigenvalue weighted by molar-refractivity contribution is 0.889. The number of benzene rings is 1. The highest BCUT2D eigenvalue weighted by atomic mass is 79.9. The molecule has 1 unspecified atom stereocenters. The van der Waals surface area contributed by atoms with Crippen molar-refractivity contribution in [2.75, 3.05) is 5.32 Å². The molecule has 2 rings (SSSR count). The maximum absolute atomic E-state index is 6.15. The minimum absolute atomic E-state index is 0.111. The van der Waals surface area contributed by atoms with Gasteiger partial charge in [0.2, 0.25) is 0 Å². The first-order valence-corrected chi connectivity index (χ1v) is 7.81. The van der Waals surface area contributed by atoms with Crippen LogP contribution < -0.4 is 5.32 Å². The van der Waals surface area contributed by atoms with Crippen LogP contribution in [0.4, 0.5) is 5.69 Å². The second-order valence-corrected chi connectivity index (χ2v) is 7.27. The Bertz CT molecular complexity index is 568. The second kappa shape index (κ2) is 5.83. The lowest BCUT2D eigenvalue weighted by atomic mass is 10.1. The molecule has 2 aromatic rings. The summed E-state index contributed by atoms with van der Waals surface area (Å²) in [7, 11) is 0. The van der Waals surface area contributed by atoms with Gasteiger partial charge in [-0.05, 0) is 53.5 Å². The van der Waals surface area contributed by atoms with Crippen LogP contribution in [0.5, 0.6) is 0 Å². The van der Waals surface area contributed by atoms with Crippen LogP contribution in [0.15, 0.2) is 28.7 Å². The lowest BCUT2D eigenvalue weighted by Gasteiger charge is -2.16. The molecular formula is C13H12BrCl2NS. The third-order valence-corrected chi connectivity index (χ3v) is 4.82. The molecule has 1 nitrogen and oxygen atoms in total. The molecule has 0 saturated heterocycles. The molecule has 0 amide bonds. The fourth-order valence-corrected chi connectivity index (χ4v) is 3.95. The average Bonchev–Trinajstić information content (AvgIpc) is 2.62. The van der Waals surface area contributed by atoms with Crippen molar-refractivity contribution in [3.05, 3.63) is 48.5 Å². The molecule has 0 saturated carbocycles. The van der Waals surface area contributed by atoms with Gasteiger partial charge >= 0.3 is 0 Å². The molecule has 5 heteroatoms. The van der Waals surface area contributed by atoms with Crippen molar-refractivity contribution in [3.8, 4) is 0 Å². The highest BCUT2D eigenvalue weighted by Crippen LogP contribution is 2.37. The number of aryl methyl sites for hydroxylation is 1. The number of halogens is 3. The summed E-state index contributed by atoms with van der Waals surface area (Å²) in [5, 5.41) is 3.42. The Morgan fingerprint density at radius 1 is 1.28 bits per heavy atom. The van der Waals surface area contributed by atoms with E-state index in [9.17, 15) is 0 Å². The van der Waals surface area contributed by atoms with Crippen molar-refractivity contribution in [1.82, 2.24) is 0 Å². The van der Waals surface area contributed by atoms with Crippen LogP contribution in [-0.4, -0.2) is 0 Å². The van der Waals surface area contributed by atoms with Gasteiger partial charge in [-0.15, -0.1) is 11.3 Å². The van der Waals surface area contributed by atoms with E-state index in [0.717, 1.165) is 20.1 Å². The lowest BCUT2D eigenvalue weighted by Crippen LogP contribution is -2.06. The van der Waals surface area contributed by atoms with Crippen molar-refractivity contribution in [2.45, 2.75) is 19.9 Å². The average molecular weight is 365 g/mol. The van der Waals surface area contributed by atoms with Crippen molar-refractivity contribution in [1.29, 1.82) is 0 Å². The van der Waals surface area contributed by atoms with E-state index in [2.05, 4.69) is 53.3 Å². The zero-order valence-corrected chi connectivity index (χ0v) is 13.8. The molecule has 1 heterocycles. The molecule has 1 aromatic carbocycles. The Hall–Kier alpha value is -0.220. The Morgan fingerprint density at radius 2 is 2.00 bits per heavy atom. The van der Waals surface area contributed by atoms with E-state index in [1.807, 2.05) is 6.07 Å². The molecule has 0 fully saturated rings. The monoisotopic (exact) mass is 363 g/mol. The Kier molecular flexibility index (Phi) is 4.59. The third-order valence-electron chi connectivity index (χ3n) is 2.65. The first kappa shape index (κ1) is 14.2. The van der Waals surface area contributed by atoms with E-state index >= 15 is 0 Å². The van der Waals surface area contributed by atoms with E-state index < -0.39 is 0 Å². The van der Waals surface area contributed by atoms with Crippen LogP contribution in [0.25, 0.3) is 0 Å². The van der Waals surface area contributed by atoms with Crippen LogP contribution in [0.3, 0.4) is 0 Å². The molecule has 18 heavy (non-hydrogen) atoms. The van der Waals surface area contributed by atoms with Crippen molar-refractivity contribution < 1.29 is 0 Å². The van der Waals surface area contributed by atoms with Gasteiger partial charge < -0.3 is 5.32 Å². The normalized spacial score (nSPS) is 12.5. The number of hydrogen-bond acceptors (Lipinski definition) is 2. The molecule has 0 aliphatic heterocycles. The summed E-state index contributed by atoms with van der Waals surface area (Å²) in [5.74, 6) is 0. The van der Waals surface area contributed by atoms with Gasteiger partial charge in [-0.3, -0.25) is 0 Å². The molecule has 0 radical (unpaired) electrons. The molecule has 96 valence electrons. The summed E-state index contributed by atoms with van der Waals surface area (Å²) in [4.78, 5) is 0. The molecule has 1 atom stereocenters. The topological polar surface area (TPSA) is 12.0 Å². The SMILES string of the molecule is Cc1ccc(NC(C)c2cc(Cl)sc2Cl)c(Br)c1. The largest absolute Gasteiger partial charge is 0.378 e. The van der Waals surface area contributed by atoms with Gasteiger partial charge in [-0.1, -0.05) is 29.3 Å². The molecule has 0 spiro atoms. The van der Waals surface area contributed by atoms with Crippen LogP contribution in [0.2, 0.25) is 8.67 Å². The maximum atomic E-state index is 6.15. The summed E-state index contributed by atoms with van der Waals surface area (Å²) in [5.41, 5.74) is 3.29. The predicted molar refractivity (Wildman–Crippen MR) is 85.3 cm³/mol. The van der Waals surface area contributed by atoms with E-state index in [4.69, 9.17) is 23.2 Å². The second-order valence-electron chi connectivity index (χ2n) is 4.13. The van der Waals surface area contributed by atoms with Gasteiger partial charge in [0.15, 0.2) is 0 Å². The molecule has 0 aliphatic carbocycles. The molecule has 1 aromatic heterocycles. The summed E-state index contributed by atoms with van der Waals surface area (Å²) >= 11 is 17.1. The molecule has 1 N–H and O–H groups in total. The standard InChI is InChI=1S/C13H12BrCl2NS/c1-7-3-4-11(10(14)5-7)17-8(2)9-6-12(15)18-13(9)16/h3-6,8,17H,1-2H3. The van der Waals surface area contributed by atoms with E-state index in [1.54, 1.807) is 0 Å². The molecular weight excluding hydrogens is 353 g/mol. The zero-order chi connectivity index (χ0) is 13.3. The Labute approximate surface area is 129 Å². The number of hydrogen-bond donors (Lipinski definition) is 1. The van der Waals surface area contributed by atoms with Gasteiger partial charge in [-0.2, -0.15) is 0 Å². The van der Waals surface area contributed by atoms with Crippen molar-refractivity contribution in [3.63, 3.8) is 0 Å². The first-order valence-electron chi connectivity index (χ1n) is 5.45. The Morgan fingerprint density at radius 3 is 2.56 bits per heavy atom. The van der Waals surface area contributed by atoms with Gasteiger partial charge in [-0.25, -0.2) is 0 Å². The summed E-state index contributed by atoms with van der Waals surface area (Å²) in [6.07, 6.45) is 0. The first-order chi connectivity index (χ1) is 8.47. The predicted octanol–water partition coefficient (Wildman–Crippen LogP) is 6.30. The highest BCUT2D eigenvalue weighted by molar-refractivity contribution is 9.10. The number of thiophene rings is 1. The van der Waals surface area contributed by atoms with Gasteiger partial charge in [0.05, 0.1) is 14.7 Å². The minimum Gasteiger partial charge on any atom is -0.378 e. The van der Waals surface area contributed by atoms with Gasteiger partial charge in [0.25, 0.3) is 0 Å². The smallest absolute Gasteiger partial charge is 0.0996 e. The summed E-state index contributed by atoms with van der Waals surface area (Å²) in [6.45, 7) is 4.13. The zero-order valence-electron chi connectivity index (χ0n) is 9.93. The highest BCUT2D eigenvalue weighted by Gasteiger charge is 2.14. The molecule has 0 aliphatic rings. The molecule has 0 bridgehead atoms. The number of anilines is 1. The number of nitrogens with one attached hydrogen (secondary N) is 1. The fraction of sp³-hybridized carbons (Fsp3) is 0.231. The van der Waals surface area contributed by atoms with Crippen molar-refractivity contribution in [2.24, 2.45) is 0 Å². The van der Waals surface area contributed by atoms with Gasteiger partial charge in [0, 0.05) is 15.7 Å². The van der Waals surface area contributed by atoms with Crippen LogP contribution in [0.1, 0.15) is 24.1 Å². The minimum atomic E-state index is 0.111. The Balaban J connectivity index is 2.21. The van der Waals surface area contributed by atoms with Crippen LogP contribution in [0, 0.1) is 6.92 Å².